The van der Waals surface area contributed by atoms with Crippen molar-refractivity contribution in [1.82, 2.24) is 0 Å². The molecule has 1 N–H and O–H groups in total. The van der Waals surface area contributed by atoms with Crippen molar-refractivity contribution in [1.29, 1.82) is 0 Å². The minimum absolute atomic E-state index is 0.148. The zero-order valence-corrected chi connectivity index (χ0v) is 6.38. The summed E-state index contributed by atoms with van der Waals surface area (Å²) in [6.45, 7) is -0.150. The average molecular weight is 167 g/mol. The summed E-state index contributed by atoms with van der Waals surface area (Å²) >= 11 is 0. The summed E-state index contributed by atoms with van der Waals surface area (Å²) in [5.41, 5.74) is 0. The second-order valence-electron chi connectivity index (χ2n) is 2.53. The first-order valence-corrected chi connectivity index (χ1v) is 3.72. The van der Waals surface area contributed by atoms with Crippen LogP contribution in [0.2, 0.25) is 0 Å². The molecular weight excluding hydrogens is 158 g/mol. The molecule has 64 valence electrons. The first-order valence-electron chi connectivity index (χ1n) is 3.72. The van der Waals surface area contributed by atoms with Crippen LogP contribution in [0.1, 0.15) is 0 Å². The van der Waals surface area contributed by atoms with Gasteiger partial charge in [-0.2, -0.15) is 0 Å². The van der Waals surface area contributed by atoms with E-state index < -0.39 is 0 Å². The van der Waals surface area contributed by atoms with Crippen molar-refractivity contribution in [3.63, 3.8) is 0 Å². The van der Waals surface area contributed by atoms with Crippen molar-refractivity contribution in [3.8, 4) is 0 Å². The first kappa shape index (κ1) is 7.36. The van der Waals surface area contributed by atoms with Crippen molar-refractivity contribution in [2.24, 2.45) is 4.99 Å². The molecule has 0 radical (unpaired) electrons. The number of fused-ring (bicyclic) bond motifs is 1. The standard InChI is InChI=1S/C8H9NO3/c10-4-6-5-11-7-2-1-3-9-8(7)12-6/h1-3,5,7-8,10H,4H2. The van der Waals surface area contributed by atoms with E-state index in [2.05, 4.69) is 4.99 Å². The fourth-order valence-electron chi connectivity index (χ4n) is 1.10. The molecule has 2 unspecified atom stereocenters. The molecular formula is C8H9NO3. The molecule has 0 fully saturated rings. The molecule has 0 saturated heterocycles. The summed E-state index contributed by atoms with van der Waals surface area (Å²) in [4.78, 5) is 4.04. The summed E-state index contributed by atoms with van der Waals surface area (Å²) in [7, 11) is 0. The van der Waals surface area contributed by atoms with Gasteiger partial charge in [0.2, 0.25) is 6.23 Å². The summed E-state index contributed by atoms with van der Waals surface area (Å²) in [5, 5.41) is 8.74. The second kappa shape index (κ2) is 2.98. The Balaban J connectivity index is 2.12. The third-order valence-electron chi connectivity index (χ3n) is 1.69. The maximum absolute atomic E-state index is 8.74. The molecule has 2 atom stereocenters. The predicted molar refractivity (Wildman–Crippen MR) is 42.5 cm³/mol. The van der Waals surface area contributed by atoms with Gasteiger partial charge in [-0.3, -0.25) is 0 Å². The Morgan fingerprint density at radius 3 is 3.33 bits per heavy atom. The van der Waals surface area contributed by atoms with Crippen LogP contribution in [0.25, 0.3) is 0 Å². The van der Waals surface area contributed by atoms with E-state index in [1.54, 1.807) is 6.21 Å². The van der Waals surface area contributed by atoms with Crippen LogP contribution in [0.5, 0.6) is 0 Å². The van der Waals surface area contributed by atoms with E-state index in [-0.39, 0.29) is 18.9 Å². The third kappa shape index (κ3) is 1.21. The summed E-state index contributed by atoms with van der Waals surface area (Å²) < 4.78 is 10.5. The summed E-state index contributed by atoms with van der Waals surface area (Å²) in [6.07, 6.45) is 6.27. The molecule has 0 spiro atoms. The van der Waals surface area contributed by atoms with Gasteiger partial charge in [-0.05, 0) is 12.2 Å². The molecule has 2 aliphatic heterocycles. The van der Waals surface area contributed by atoms with Crippen molar-refractivity contribution in [3.05, 3.63) is 24.2 Å². The van der Waals surface area contributed by atoms with E-state index in [9.17, 15) is 0 Å². The number of rotatable bonds is 1. The molecule has 2 aliphatic rings. The first-order chi connectivity index (χ1) is 5.90. The number of hydrogen-bond acceptors (Lipinski definition) is 4. The van der Waals surface area contributed by atoms with E-state index in [0.29, 0.717) is 5.76 Å². The van der Waals surface area contributed by atoms with Gasteiger partial charge >= 0.3 is 0 Å². The molecule has 0 saturated carbocycles. The smallest absolute Gasteiger partial charge is 0.229 e. The lowest BCUT2D eigenvalue weighted by Gasteiger charge is -2.28. The molecule has 0 amide bonds. The molecule has 12 heavy (non-hydrogen) atoms. The summed E-state index contributed by atoms with van der Waals surface area (Å²) in [6, 6.07) is 0. The van der Waals surface area contributed by atoms with Gasteiger partial charge in [0.05, 0.1) is 0 Å². The number of hydrogen-bond donors (Lipinski definition) is 1. The monoisotopic (exact) mass is 167 g/mol. The van der Waals surface area contributed by atoms with E-state index in [0.717, 1.165) is 0 Å². The van der Waals surface area contributed by atoms with Crippen LogP contribution in [-0.2, 0) is 9.47 Å². The number of nitrogens with zero attached hydrogens (tertiary/aromatic N) is 1. The van der Waals surface area contributed by atoms with Gasteiger partial charge < -0.3 is 14.6 Å². The second-order valence-corrected chi connectivity index (χ2v) is 2.53. The maximum atomic E-state index is 8.74. The Morgan fingerprint density at radius 1 is 1.58 bits per heavy atom. The lowest BCUT2D eigenvalue weighted by Crippen LogP contribution is -2.32. The van der Waals surface area contributed by atoms with Crippen LogP contribution in [0.15, 0.2) is 29.2 Å². The molecule has 2 rings (SSSR count). The van der Waals surface area contributed by atoms with Gasteiger partial charge in [0.25, 0.3) is 0 Å². The third-order valence-corrected chi connectivity index (χ3v) is 1.69. The van der Waals surface area contributed by atoms with Gasteiger partial charge in [0.1, 0.15) is 12.9 Å². The molecule has 4 heteroatoms. The van der Waals surface area contributed by atoms with Crippen LogP contribution < -0.4 is 0 Å². The normalized spacial score (nSPS) is 31.6. The largest absolute Gasteiger partial charge is 0.484 e. The van der Waals surface area contributed by atoms with Crippen LogP contribution >= 0.6 is 0 Å². The zero-order chi connectivity index (χ0) is 8.39. The van der Waals surface area contributed by atoms with Crippen LogP contribution in [-0.4, -0.2) is 30.3 Å². The minimum atomic E-state index is -0.331. The lowest BCUT2D eigenvalue weighted by atomic mass is 10.2. The van der Waals surface area contributed by atoms with Gasteiger partial charge in [0, 0.05) is 6.21 Å². The number of allylic oxidation sites excluding steroid dienone is 1. The number of aliphatic hydroxyl groups excluding tert-OH is 1. The van der Waals surface area contributed by atoms with Crippen LogP contribution in [0.4, 0.5) is 0 Å². The molecule has 0 aromatic carbocycles. The summed E-state index contributed by atoms with van der Waals surface area (Å²) in [5.74, 6) is 0.420. The Kier molecular flexibility index (Phi) is 1.83. The highest BCUT2D eigenvalue weighted by atomic mass is 16.6. The topological polar surface area (TPSA) is 51.0 Å². The lowest BCUT2D eigenvalue weighted by molar-refractivity contribution is -0.0316. The SMILES string of the molecule is OCC1=COC2C=CC=NC2O1. The maximum Gasteiger partial charge on any atom is 0.229 e. The fourth-order valence-corrected chi connectivity index (χ4v) is 1.10. The number of ether oxygens (including phenoxy) is 2. The van der Waals surface area contributed by atoms with Crippen molar-refractivity contribution >= 4 is 6.21 Å². The van der Waals surface area contributed by atoms with Crippen molar-refractivity contribution in [2.75, 3.05) is 6.61 Å². The average Bonchev–Trinajstić information content (AvgIpc) is 2.17. The van der Waals surface area contributed by atoms with E-state index in [4.69, 9.17) is 14.6 Å². The molecule has 0 aromatic rings. The number of aliphatic imine (C=N–C) groups is 1. The van der Waals surface area contributed by atoms with Gasteiger partial charge in [0.15, 0.2) is 11.9 Å². The Morgan fingerprint density at radius 2 is 2.50 bits per heavy atom. The molecule has 4 nitrogen and oxygen atoms in total. The van der Waals surface area contributed by atoms with E-state index in [1.165, 1.54) is 6.26 Å². The van der Waals surface area contributed by atoms with Crippen molar-refractivity contribution < 1.29 is 14.6 Å². The zero-order valence-electron chi connectivity index (χ0n) is 6.38. The highest BCUT2D eigenvalue weighted by Crippen LogP contribution is 2.19. The molecule has 0 aliphatic carbocycles. The van der Waals surface area contributed by atoms with E-state index in [1.807, 2.05) is 12.2 Å². The minimum Gasteiger partial charge on any atom is -0.484 e. The van der Waals surface area contributed by atoms with Gasteiger partial charge in [-0.25, -0.2) is 4.99 Å². The predicted octanol–water partition coefficient (Wildman–Crippen LogP) is 0.202. The highest BCUT2D eigenvalue weighted by molar-refractivity contribution is 5.72. The number of aliphatic hydroxyl groups is 1. The quantitative estimate of drug-likeness (QED) is 0.607. The van der Waals surface area contributed by atoms with Gasteiger partial charge in [-0.1, -0.05) is 0 Å². The van der Waals surface area contributed by atoms with Crippen molar-refractivity contribution in [2.45, 2.75) is 12.3 Å². The molecule has 0 bridgehead atoms. The Labute approximate surface area is 69.8 Å². The van der Waals surface area contributed by atoms with Crippen LogP contribution in [0, 0.1) is 0 Å². The Bertz CT molecular complexity index is 257. The fraction of sp³-hybridized carbons (Fsp3) is 0.375. The van der Waals surface area contributed by atoms with Crippen LogP contribution in [0.3, 0.4) is 0 Å². The Hall–Kier alpha value is -1.29. The molecule has 0 aromatic heterocycles. The van der Waals surface area contributed by atoms with Gasteiger partial charge in [-0.15, -0.1) is 0 Å². The van der Waals surface area contributed by atoms with E-state index >= 15 is 0 Å². The number of dihydropyridines is 1. The highest BCUT2D eigenvalue weighted by Gasteiger charge is 2.26. The molecule has 2 heterocycles.